The Labute approximate surface area is 112 Å². The molecule has 0 radical (unpaired) electrons. The van der Waals surface area contributed by atoms with Crippen LogP contribution in [0.4, 0.5) is 5.69 Å². The number of nitro groups is 1. The quantitative estimate of drug-likeness (QED) is 0.424. The molecular formula is C13H20N2O2S. The van der Waals surface area contributed by atoms with Crippen LogP contribution in [0.25, 0.3) is 0 Å². The molecule has 0 saturated carbocycles. The Kier molecular flexibility index (Phi) is 7.44. The summed E-state index contributed by atoms with van der Waals surface area (Å²) in [5.41, 5.74) is 1.24. The van der Waals surface area contributed by atoms with E-state index in [0.717, 1.165) is 18.7 Å². The molecule has 4 nitrogen and oxygen atoms in total. The predicted molar refractivity (Wildman–Crippen MR) is 77.0 cm³/mol. The summed E-state index contributed by atoms with van der Waals surface area (Å²) in [6.45, 7) is 1.78. The van der Waals surface area contributed by atoms with E-state index in [-0.39, 0.29) is 10.6 Å². The molecule has 0 unspecified atom stereocenters. The van der Waals surface area contributed by atoms with Crippen molar-refractivity contribution in [2.24, 2.45) is 0 Å². The largest absolute Gasteiger partial charge is 0.313 e. The van der Waals surface area contributed by atoms with Gasteiger partial charge in [0.25, 0.3) is 5.69 Å². The highest BCUT2D eigenvalue weighted by Gasteiger charge is 2.03. The van der Waals surface area contributed by atoms with Crippen molar-refractivity contribution in [2.75, 3.05) is 18.6 Å². The summed E-state index contributed by atoms with van der Waals surface area (Å²) in [6, 6.07) is 6.71. The second-order valence-corrected chi connectivity index (χ2v) is 5.14. The van der Waals surface area contributed by atoms with Crippen molar-refractivity contribution < 1.29 is 4.92 Å². The van der Waals surface area contributed by atoms with E-state index < -0.39 is 0 Å². The van der Waals surface area contributed by atoms with E-state index in [1.807, 2.05) is 11.8 Å². The van der Waals surface area contributed by atoms with Gasteiger partial charge in [-0.3, -0.25) is 10.1 Å². The molecule has 0 fully saturated rings. The molecule has 1 aromatic carbocycles. The fourth-order valence-corrected chi connectivity index (χ4v) is 2.13. The topological polar surface area (TPSA) is 55.2 Å². The smallest absolute Gasteiger partial charge is 0.269 e. The Morgan fingerprint density at radius 1 is 1.22 bits per heavy atom. The average molecular weight is 268 g/mol. The van der Waals surface area contributed by atoms with Gasteiger partial charge in [0.2, 0.25) is 0 Å². The number of nitrogens with one attached hydrogen (secondary N) is 1. The van der Waals surface area contributed by atoms with Crippen LogP contribution >= 0.6 is 11.8 Å². The number of non-ortho nitro benzene ring substituents is 1. The first-order valence-electron chi connectivity index (χ1n) is 6.17. The van der Waals surface area contributed by atoms with Gasteiger partial charge in [-0.05, 0) is 37.0 Å². The van der Waals surface area contributed by atoms with Crippen molar-refractivity contribution in [1.29, 1.82) is 0 Å². The molecule has 0 aliphatic carbocycles. The molecule has 0 atom stereocenters. The highest BCUT2D eigenvalue weighted by molar-refractivity contribution is 7.98. The maximum Gasteiger partial charge on any atom is 0.269 e. The minimum Gasteiger partial charge on any atom is -0.313 e. The lowest BCUT2D eigenvalue weighted by molar-refractivity contribution is -0.384. The van der Waals surface area contributed by atoms with Gasteiger partial charge in [0, 0.05) is 18.7 Å². The van der Waals surface area contributed by atoms with Crippen molar-refractivity contribution in [1.82, 2.24) is 5.32 Å². The predicted octanol–water partition coefficient (Wildman–Crippen LogP) is 3.22. The fraction of sp³-hybridized carbons (Fsp3) is 0.538. The molecule has 0 bridgehead atoms. The molecule has 0 heterocycles. The second-order valence-electron chi connectivity index (χ2n) is 4.15. The van der Waals surface area contributed by atoms with Gasteiger partial charge in [-0.15, -0.1) is 0 Å². The van der Waals surface area contributed by atoms with Crippen molar-refractivity contribution in [3.8, 4) is 0 Å². The van der Waals surface area contributed by atoms with Gasteiger partial charge in [0.05, 0.1) is 4.92 Å². The van der Waals surface area contributed by atoms with Crippen LogP contribution in [-0.4, -0.2) is 23.5 Å². The molecule has 0 aromatic heterocycles. The maximum absolute atomic E-state index is 10.5. The Hall–Kier alpha value is -1.07. The van der Waals surface area contributed by atoms with Crippen LogP contribution < -0.4 is 5.32 Å². The molecule has 1 aromatic rings. The fourth-order valence-electron chi connectivity index (χ4n) is 1.64. The lowest BCUT2D eigenvalue weighted by Gasteiger charge is -2.04. The van der Waals surface area contributed by atoms with E-state index >= 15 is 0 Å². The summed E-state index contributed by atoms with van der Waals surface area (Å²) in [5, 5.41) is 13.8. The minimum atomic E-state index is -0.372. The lowest BCUT2D eigenvalue weighted by Crippen LogP contribution is -2.14. The third-order valence-electron chi connectivity index (χ3n) is 2.68. The van der Waals surface area contributed by atoms with Crippen molar-refractivity contribution in [2.45, 2.75) is 25.8 Å². The third-order valence-corrected chi connectivity index (χ3v) is 3.38. The molecule has 0 aliphatic rings. The van der Waals surface area contributed by atoms with Gasteiger partial charge >= 0.3 is 0 Å². The molecular weight excluding hydrogens is 248 g/mol. The molecule has 5 heteroatoms. The molecule has 1 rings (SSSR count). The number of benzene rings is 1. The molecule has 1 N–H and O–H groups in total. The molecule has 100 valence electrons. The minimum absolute atomic E-state index is 0.149. The SMILES string of the molecule is CSCCCCCNCc1ccc([N+](=O)[O-])cc1. The molecule has 18 heavy (non-hydrogen) atoms. The van der Waals surface area contributed by atoms with Crippen molar-refractivity contribution >= 4 is 17.4 Å². The zero-order valence-electron chi connectivity index (χ0n) is 10.7. The number of thioether (sulfide) groups is 1. The Bertz CT molecular complexity index is 355. The number of hydrogen-bond donors (Lipinski definition) is 1. The van der Waals surface area contributed by atoms with E-state index in [1.54, 1.807) is 24.3 Å². The van der Waals surface area contributed by atoms with Gasteiger partial charge < -0.3 is 5.32 Å². The summed E-state index contributed by atoms with van der Waals surface area (Å²) in [4.78, 5) is 10.1. The molecule has 0 aliphatic heterocycles. The van der Waals surface area contributed by atoms with Crippen LogP contribution in [0.15, 0.2) is 24.3 Å². The third kappa shape index (κ3) is 6.02. The summed E-state index contributed by atoms with van der Waals surface area (Å²) in [5.74, 6) is 1.24. The first kappa shape index (κ1) is 15.0. The van der Waals surface area contributed by atoms with E-state index in [9.17, 15) is 10.1 Å². The van der Waals surface area contributed by atoms with Crippen LogP contribution in [0.5, 0.6) is 0 Å². The van der Waals surface area contributed by atoms with Gasteiger partial charge in [0.1, 0.15) is 0 Å². The van der Waals surface area contributed by atoms with Crippen LogP contribution in [0.3, 0.4) is 0 Å². The van der Waals surface area contributed by atoms with Gasteiger partial charge in [0.15, 0.2) is 0 Å². The Morgan fingerprint density at radius 3 is 2.56 bits per heavy atom. The highest BCUT2D eigenvalue weighted by atomic mass is 32.2. The average Bonchev–Trinajstić information content (AvgIpc) is 2.38. The molecule has 0 amide bonds. The van der Waals surface area contributed by atoms with E-state index in [2.05, 4.69) is 11.6 Å². The Balaban J connectivity index is 2.14. The van der Waals surface area contributed by atoms with Crippen molar-refractivity contribution in [3.63, 3.8) is 0 Å². The summed E-state index contributed by atoms with van der Waals surface area (Å²) >= 11 is 1.89. The van der Waals surface area contributed by atoms with Crippen LogP contribution in [0, 0.1) is 10.1 Å². The summed E-state index contributed by atoms with van der Waals surface area (Å²) in [6.07, 6.45) is 5.86. The van der Waals surface area contributed by atoms with E-state index in [4.69, 9.17) is 0 Å². The lowest BCUT2D eigenvalue weighted by atomic mass is 10.2. The van der Waals surface area contributed by atoms with Gasteiger partial charge in [-0.25, -0.2) is 0 Å². The van der Waals surface area contributed by atoms with E-state index in [0.29, 0.717) is 0 Å². The summed E-state index contributed by atoms with van der Waals surface area (Å²) < 4.78 is 0. The Morgan fingerprint density at radius 2 is 1.94 bits per heavy atom. The van der Waals surface area contributed by atoms with Crippen LogP contribution in [0.1, 0.15) is 24.8 Å². The first-order chi connectivity index (χ1) is 8.74. The maximum atomic E-state index is 10.5. The number of nitrogens with zero attached hydrogens (tertiary/aromatic N) is 1. The highest BCUT2D eigenvalue weighted by Crippen LogP contribution is 2.11. The van der Waals surface area contributed by atoms with E-state index in [1.165, 1.54) is 25.0 Å². The molecule has 0 saturated heterocycles. The number of nitro benzene ring substituents is 1. The zero-order chi connectivity index (χ0) is 13.2. The number of rotatable bonds is 9. The molecule has 0 spiro atoms. The zero-order valence-corrected chi connectivity index (χ0v) is 11.5. The first-order valence-corrected chi connectivity index (χ1v) is 7.56. The second kappa shape index (κ2) is 8.94. The van der Waals surface area contributed by atoms with Crippen molar-refractivity contribution in [3.05, 3.63) is 39.9 Å². The standard InChI is InChI=1S/C13H20N2O2S/c1-18-10-4-2-3-9-14-11-12-5-7-13(8-6-12)15(16)17/h5-8,14H,2-4,9-11H2,1H3. The normalized spacial score (nSPS) is 10.5. The van der Waals surface area contributed by atoms with Gasteiger partial charge in [-0.1, -0.05) is 18.6 Å². The summed E-state index contributed by atoms with van der Waals surface area (Å²) in [7, 11) is 0. The van der Waals surface area contributed by atoms with Gasteiger partial charge in [-0.2, -0.15) is 11.8 Å². The number of hydrogen-bond acceptors (Lipinski definition) is 4. The number of unbranched alkanes of at least 4 members (excludes halogenated alkanes) is 2. The van der Waals surface area contributed by atoms with Crippen LogP contribution in [-0.2, 0) is 6.54 Å². The van der Waals surface area contributed by atoms with Crippen LogP contribution in [0.2, 0.25) is 0 Å². The monoisotopic (exact) mass is 268 g/mol.